The van der Waals surface area contributed by atoms with Gasteiger partial charge >= 0.3 is 0 Å². The largest absolute Gasteiger partial charge is 0.457 e. The Balaban J connectivity index is 1.35. The Bertz CT molecular complexity index is 1470. The second-order valence-electron chi connectivity index (χ2n) is 11.2. The van der Waals surface area contributed by atoms with Gasteiger partial charge in [0.15, 0.2) is 5.78 Å². The summed E-state index contributed by atoms with van der Waals surface area (Å²) in [4.78, 5) is 28.5. The molecule has 5 unspecified atom stereocenters. The highest BCUT2D eigenvalue weighted by Crippen LogP contribution is 2.56. The van der Waals surface area contributed by atoms with Crippen LogP contribution in [0.3, 0.4) is 0 Å². The SMILES string of the molecule is Cc1cc(Oc2ccccc2)ccc1C1(N)C(=O)C(N)C2c3c1ccc(N)c3SC2C(=O)NC1CC[C@@H](C)NC1. The molecule has 6 rings (SSSR count). The van der Waals surface area contributed by atoms with Crippen molar-refractivity contribution in [1.82, 2.24) is 10.6 Å². The zero-order valence-corrected chi connectivity index (χ0v) is 23.5. The number of thioether (sulfide) groups is 1. The van der Waals surface area contributed by atoms with Gasteiger partial charge in [0.05, 0.1) is 11.3 Å². The lowest BCUT2D eigenvalue weighted by atomic mass is 9.64. The molecule has 6 atom stereocenters. The van der Waals surface area contributed by atoms with Crippen molar-refractivity contribution in [3.05, 3.63) is 82.9 Å². The summed E-state index contributed by atoms with van der Waals surface area (Å²) in [5.74, 6) is 0.409. The van der Waals surface area contributed by atoms with Crippen LogP contribution in [0, 0.1) is 6.92 Å². The van der Waals surface area contributed by atoms with Gasteiger partial charge in [-0.3, -0.25) is 9.59 Å². The number of hydrogen-bond donors (Lipinski definition) is 5. The third kappa shape index (κ3) is 4.37. The van der Waals surface area contributed by atoms with Gasteiger partial charge in [-0.2, -0.15) is 0 Å². The van der Waals surface area contributed by atoms with Gasteiger partial charge < -0.3 is 32.6 Å². The molecule has 9 heteroatoms. The Morgan fingerprint density at radius 1 is 1.07 bits per heavy atom. The molecule has 3 aromatic rings. The number of carbonyl (C=O) groups excluding carboxylic acids is 2. The summed E-state index contributed by atoms with van der Waals surface area (Å²) >= 11 is 1.39. The number of nitrogens with one attached hydrogen (secondary N) is 2. The topological polar surface area (TPSA) is 145 Å². The van der Waals surface area contributed by atoms with Crippen molar-refractivity contribution in [2.75, 3.05) is 12.3 Å². The van der Waals surface area contributed by atoms with Gasteiger partial charge in [0, 0.05) is 35.1 Å². The standard InChI is InChI=1S/C31H35N5O3S/c1-16-14-20(39-19-6-4-3-5-7-19)10-11-21(16)31(34)22-12-13-23(32)27-24(22)25(26(33)29(31)37)28(40-27)30(38)36-18-9-8-17(2)35-15-18/h3-7,10-14,17-18,25-26,28,35H,8-9,15,32-34H2,1-2H3,(H,36,38)/t17-,18?,25?,26?,28?,31?/m1/s1. The van der Waals surface area contributed by atoms with Crippen molar-refractivity contribution in [1.29, 1.82) is 0 Å². The van der Waals surface area contributed by atoms with Crippen LogP contribution in [0.2, 0.25) is 0 Å². The summed E-state index contributed by atoms with van der Waals surface area (Å²) in [7, 11) is 0. The van der Waals surface area contributed by atoms with Gasteiger partial charge in [0.2, 0.25) is 5.91 Å². The van der Waals surface area contributed by atoms with Gasteiger partial charge in [0.1, 0.15) is 17.0 Å². The number of ketones is 1. The molecule has 0 aromatic heterocycles. The summed E-state index contributed by atoms with van der Waals surface area (Å²) < 4.78 is 6.00. The molecular formula is C31H35N5O3S. The molecule has 3 aliphatic rings. The van der Waals surface area contributed by atoms with Crippen LogP contribution in [0.1, 0.15) is 47.9 Å². The maximum absolute atomic E-state index is 14.1. The zero-order chi connectivity index (χ0) is 28.2. The van der Waals surface area contributed by atoms with Crippen LogP contribution >= 0.6 is 11.8 Å². The second-order valence-corrected chi connectivity index (χ2v) is 12.3. The van der Waals surface area contributed by atoms with Crippen molar-refractivity contribution in [2.24, 2.45) is 11.5 Å². The van der Waals surface area contributed by atoms with E-state index in [1.807, 2.05) is 61.5 Å². The monoisotopic (exact) mass is 557 g/mol. The third-order valence-corrected chi connectivity index (χ3v) is 9.95. The maximum atomic E-state index is 14.1. The molecule has 0 spiro atoms. The van der Waals surface area contributed by atoms with Gasteiger partial charge in [-0.05, 0) is 79.3 Å². The number of piperidine rings is 1. The van der Waals surface area contributed by atoms with Crippen molar-refractivity contribution in [3.63, 3.8) is 0 Å². The molecule has 1 aliphatic carbocycles. The summed E-state index contributed by atoms with van der Waals surface area (Å²) in [6.45, 7) is 4.77. The lowest BCUT2D eigenvalue weighted by Crippen LogP contribution is -2.61. The predicted molar refractivity (Wildman–Crippen MR) is 158 cm³/mol. The summed E-state index contributed by atoms with van der Waals surface area (Å²) in [5.41, 5.74) is 22.2. The number of carbonyl (C=O) groups is 2. The van der Waals surface area contributed by atoms with E-state index in [-0.39, 0.29) is 17.7 Å². The Morgan fingerprint density at radius 3 is 2.52 bits per heavy atom. The van der Waals surface area contributed by atoms with Gasteiger partial charge in [0.25, 0.3) is 0 Å². The zero-order valence-electron chi connectivity index (χ0n) is 22.6. The lowest BCUT2D eigenvalue weighted by molar-refractivity contribution is -0.126. The van der Waals surface area contributed by atoms with E-state index < -0.39 is 22.7 Å². The van der Waals surface area contributed by atoms with Crippen LogP contribution in [0.25, 0.3) is 0 Å². The molecule has 2 heterocycles. The van der Waals surface area contributed by atoms with Crippen LogP contribution in [0.4, 0.5) is 5.69 Å². The first-order valence-electron chi connectivity index (χ1n) is 13.7. The van der Waals surface area contributed by atoms with E-state index in [0.29, 0.717) is 34.4 Å². The Labute approximate surface area is 238 Å². The van der Waals surface area contributed by atoms with Gasteiger partial charge in [-0.1, -0.05) is 30.3 Å². The number of Topliss-reactive ketones (excluding diaryl/α,β-unsaturated/α-hetero) is 1. The summed E-state index contributed by atoms with van der Waals surface area (Å²) in [6.07, 6.45) is 1.90. The van der Waals surface area contributed by atoms with Crippen LogP contribution in [0.5, 0.6) is 11.5 Å². The normalized spacial score (nSPS) is 29.1. The molecule has 1 saturated heterocycles. The highest BCUT2D eigenvalue weighted by atomic mass is 32.2. The highest BCUT2D eigenvalue weighted by Gasteiger charge is 2.57. The molecule has 40 heavy (non-hydrogen) atoms. The number of amides is 1. The fraction of sp³-hybridized carbons (Fsp3) is 0.355. The number of nitrogens with two attached hydrogens (primary N) is 3. The van der Waals surface area contributed by atoms with Crippen molar-refractivity contribution in [3.8, 4) is 11.5 Å². The van der Waals surface area contributed by atoms with Crippen molar-refractivity contribution in [2.45, 2.75) is 66.4 Å². The van der Waals surface area contributed by atoms with E-state index >= 15 is 0 Å². The lowest BCUT2D eigenvalue weighted by Gasteiger charge is -2.42. The number of para-hydroxylation sites is 1. The first-order chi connectivity index (χ1) is 19.2. The molecule has 2 aliphatic heterocycles. The van der Waals surface area contributed by atoms with E-state index in [0.717, 1.165) is 35.4 Å². The summed E-state index contributed by atoms with van der Waals surface area (Å²) in [6, 6.07) is 18.1. The quantitative estimate of drug-likeness (QED) is 0.301. The minimum absolute atomic E-state index is 0.0354. The van der Waals surface area contributed by atoms with E-state index in [1.165, 1.54) is 11.8 Å². The minimum atomic E-state index is -1.49. The van der Waals surface area contributed by atoms with E-state index in [1.54, 1.807) is 6.07 Å². The Kier molecular flexibility index (Phi) is 6.86. The molecule has 0 bridgehead atoms. The number of benzene rings is 3. The maximum Gasteiger partial charge on any atom is 0.234 e. The fourth-order valence-corrected chi connectivity index (χ4v) is 7.83. The third-order valence-electron chi connectivity index (χ3n) is 8.50. The van der Waals surface area contributed by atoms with Crippen LogP contribution in [-0.2, 0) is 15.1 Å². The van der Waals surface area contributed by atoms with Gasteiger partial charge in [-0.15, -0.1) is 11.8 Å². The van der Waals surface area contributed by atoms with Crippen molar-refractivity contribution >= 4 is 29.1 Å². The number of nitrogen functional groups attached to an aromatic ring is 1. The molecule has 208 valence electrons. The second kappa shape index (κ2) is 10.2. The Morgan fingerprint density at radius 2 is 1.82 bits per heavy atom. The van der Waals surface area contributed by atoms with Crippen LogP contribution in [-0.4, -0.2) is 41.6 Å². The van der Waals surface area contributed by atoms with Gasteiger partial charge in [-0.25, -0.2) is 0 Å². The number of aryl methyl sites for hydroxylation is 1. The molecule has 3 aromatic carbocycles. The molecule has 1 fully saturated rings. The van der Waals surface area contributed by atoms with E-state index in [9.17, 15) is 9.59 Å². The van der Waals surface area contributed by atoms with Crippen LogP contribution in [0.15, 0.2) is 65.6 Å². The number of anilines is 1. The predicted octanol–water partition coefficient (Wildman–Crippen LogP) is 3.30. The average Bonchev–Trinajstić information content (AvgIpc) is 3.35. The number of hydrogen-bond acceptors (Lipinski definition) is 8. The molecule has 1 amide bonds. The molecule has 0 saturated carbocycles. The van der Waals surface area contributed by atoms with E-state index in [2.05, 4.69) is 17.6 Å². The average molecular weight is 558 g/mol. The summed E-state index contributed by atoms with van der Waals surface area (Å²) in [5, 5.41) is 6.05. The van der Waals surface area contributed by atoms with E-state index in [4.69, 9.17) is 21.9 Å². The minimum Gasteiger partial charge on any atom is -0.457 e. The first-order valence-corrected chi connectivity index (χ1v) is 14.6. The van der Waals surface area contributed by atoms with Crippen molar-refractivity contribution < 1.29 is 14.3 Å². The molecule has 8 nitrogen and oxygen atoms in total. The molecule has 0 radical (unpaired) electrons. The Hall–Kier alpha value is -3.37. The molecule has 8 N–H and O–H groups in total. The smallest absolute Gasteiger partial charge is 0.234 e. The highest BCUT2D eigenvalue weighted by molar-refractivity contribution is 8.01. The fourth-order valence-electron chi connectivity index (χ4n) is 6.37. The van der Waals surface area contributed by atoms with Crippen LogP contribution < -0.4 is 32.6 Å². The number of rotatable bonds is 5. The number of ether oxygens (including phenoxy) is 1. The first kappa shape index (κ1) is 26.8. The molecular weight excluding hydrogens is 522 g/mol.